The third kappa shape index (κ3) is 6.61. The van der Waals surface area contributed by atoms with Gasteiger partial charge in [-0.3, -0.25) is 4.90 Å². The minimum absolute atomic E-state index is 0.0130. The fourth-order valence-electron chi connectivity index (χ4n) is 4.53. The first kappa shape index (κ1) is 27.4. The van der Waals surface area contributed by atoms with Gasteiger partial charge in [0, 0.05) is 31.7 Å². The number of hydrogen-bond donors (Lipinski definition) is 0. The second kappa shape index (κ2) is 12.3. The number of halogens is 4. The summed E-state index contributed by atoms with van der Waals surface area (Å²) < 4.78 is 64.3. The van der Waals surface area contributed by atoms with Gasteiger partial charge in [-0.2, -0.15) is 13.2 Å². The lowest BCUT2D eigenvalue weighted by atomic mass is 10.1. The van der Waals surface area contributed by atoms with Crippen LogP contribution in [0, 0.1) is 5.82 Å². The number of hydrogen-bond acceptors (Lipinski definition) is 3. The SMILES string of the molecule is CCCCn1c(-c2ccccc2)nc(C(F)(F)F)c1CN(Cc1ccccc1)Cc1ccc(OC)c(F)c1. The Bertz CT molecular complexity index is 1320. The van der Waals surface area contributed by atoms with Crippen molar-refractivity contribution in [2.24, 2.45) is 0 Å². The van der Waals surface area contributed by atoms with E-state index in [9.17, 15) is 17.6 Å². The monoisotopic (exact) mass is 525 g/mol. The van der Waals surface area contributed by atoms with E-state index in [-0.39, 0.29) is 24.5 Å². The number of imidazole rings is 1. The third-order valence-corrected chi connectivity index (χ3v) is 6.35. The Balaban J connectivity index is 1.78. The molecule has 1 heterocycles. The molecule has 0 aliphatic rings. The zero-order valence-electron chi connectivity index (χ0n) is 21.5. The van der Waals surface area contributed by atoms with Crippen molar-refractivity contribution in [1.29, 1.82) is 0 Å². The molecule has 0 radical (unpaired) electrons. The molecule has 0 amide bonds. The Hall–Kier alpha value is -3.65. The van der Waals surface area contributed by atoms with Crippen molar-refractivity contribution < 1.29 is 22.3 Å². The van der Waals surface area contributed by atoms with E-state index in [1.807, 2.05) is 48.2 Å². The van der Waals surface area contributed by atoms with Gasteiger partial charge in [0.25, 0.3) is 0 Å². The lowest BCUT2D eigenvalue weighted by Crippen LogP contribution is -2.26. The van der Waals surface area contributed by atoms with E-state index >= 15 is 0 Å². The molecule has 0 atom stereocenters. The van der Waals surface area contributed by atoms with Crippen molar-refractivity contribution >= 4 is 0 Å². The number of benzene rings is 3. The van der Waals surface area contributed by atoms with Crippen LogP contribution in [0.5, 0.6) is 5.75 Å². The van der Waals surface area contributed by atoms with Gasteiger partial charge < -0.3 is 9.30 Å². The van der Waals surface area contributed by atoms with Crippen LogP contribution >= 0.6 is 0 Å². The molecule has 4 aromatic rings. The Morgan fingerprint density at radius 2 is 1.53 bits per heavy atom. The summed E-state index contributed by atoms with van der Waals surface area (Å²) >= 11 is 0. The van der Waals surface area contributed by atoms with Crippen molar-refractivity contribution in [1.82, 2.24) is 14.5 Å². The fourth-order valence-corrected chi connectivity index (χ4v) is 4.53. The van der Waals surface area contributed by atoms with Crippen LogP contribution in [0.3, 0.4) is 0 Å². The van der Waals surface area contributed by atoms with Crippen LogP contribution in [0.2, 0.25) is 0 Å². The lowest BCUT2D eigenvalue weighted by Gasteiger charge is -2.25. The summed E-state index contributed by atoms with van der Waals surface area (Å²) in [6, 6.07) is 23.1. The number of methoxy groups -OCH3 is 1. The maximum absolute atomic E-state index is 14.5. The summed E-state index contributed by atoms with van der Waals surface area (Å²) in [4.78, 5) is 6.03. The normalized spacial score (nSPS) is 11.8. The molecule has 0 aliphatic carbocycles. The molecule has 0 unspecified atom stereocenters. The molecule has 0 saturated heterocycles. The molecule has 0 fully saturated rings. The summed E-state index contributed by atoms with van der Waals surface area (Å²) in [6.45, 7) is 3.03. The predicted molar refractivity (Wildman–Crippen MR) is 140 cm³/mol. The number of nitrogens with zero attached hydrogens (tertiary/aromatic N) is 3. The highest BCUT2D eigenvalue weighted by atomic mass is 19.4. The number of aromatic nitrogens is 2. The van der Waals surface area contributed by atoms with Gasteiger partial charge in [0.15, 0.2) is 17.3 Å². The van der Waals surface area contributed by atoms with E-state index in [0.717, 1.165) is 12.0 Å². The summed E-state index contributed by atoms with van der Waals surface area (Å²) in [5.74, 6) is -0.0932. The fraction of sp³-hybridized carbons (Fsp3) is 0.300. The largest absolute Gasteiger partial charge is 0.494 e. The van der Waals surface area contributed by atoms with Gasteiger partial charge in [-0.1, -0.05) is 80.1 Å². The van der Waals surface area contributed by atoms with Crippen LogP contribution in [0.25, 0.3) is 11.4 Å². The zero-order chi connectivity index (χ0) is 27.1. The standard InChI is InChI=1S/C30H31F4N3O/c1-3-4-17-37-26(28(30(32,33)34)35-29(37)24-13-9-6-10-14-24)21-36(19-22-11-7-5-8-12-22)20-23-15-16-27(38-2)25(31)18-23/h5-16,18H,3-4,17,19-21H2,1-2H3. The molecule has 200 valence electrons. The molecular formula is C30H31F4N3O. The Morgan fingerprint density at radius 1 is 0.868 bits per heavy atom. The molecule has 1 aromatic heterocycles. The Morgan fingerprint density at radius 3 is 2.13 bits per heavy atom. The van der Waals surface area contributed by atoms with E-state index < -0.39 is 17.7 Å². The summed E-state index contributed by atoms with van der Waals surface area (Å²) in [5, 5.41) is 0. The van der Waals surface area contributed by atoms with Crippen LogP contribution in [-0.2, 0) is 32.4 Å². The minimum Gasteiger partial charge on any atom is -0.494 e. The van der Waals surface area contributed by atoms with Crippen molar-refractivity contribution in [3.63, 3.8) is 0 Å². The highest BCUT2D eigenvalue weighted by molar-refractivity contribution is 5.57. The molecule has 4 rings (SSSR count). The van der Waals surface area contributed by atoms with Crippen LogP contribution in [0.1, 0.15) is 42.3 Å². The number of unbranched alkanes of at least 4 members (excludes halogenated alkanes) is 1. The number of rotatable bonds is 11. The smallest absolute Gasteiger partial charge is 0.435 e. The lowest BCUT2D eigenvalue weighted by molar-refractivity contribution is -0.141. The van der Waals surface area contributed by atoms with Gasteiger partial charge in [0.2, 0.25) is 0 Å². The summed E-state index contributed by atoms with van der Waals surface area (Å²) in [6.07, 6.45) is -3.09. The van der Waals surface area contributed by atoms with Gasteiger partial charge in [0.1, 0.15) is 5.82 Å². The van der Waals surface area contributed by atoms with Gasteiger partial charge in [-0.05, 0) is 29.7 Å². The molecule has 0 spiro atoms. The average Bonchev–Trinajstić information content (AvgIpc) is 3.27. The molecular weight excluding hydrogens is 494 g/mol. The average molecular weight is 526 g/mol. The van der Waals surface area contributed by atoms with E-state index in [0.29, 0.717) is 36.5 Å². The van der Waals surface area contributed by atoms with Crippen LogP contribution < -0.4 is 4.74 Å². The van der Waals surface area contributed by atoms with E-state index in [1.165, 1.54) is 19.2 Å². The topological polar surface area (TPSA) is 30.3 Å². The maximum atomic E-state index is 14.5. The second-order valence-corrected chi connectivity index (χ2v) is 9.20. The molecule has 0 saturated carbocycles. The zero-order valence-corrected chi connectivity index (χ0v) is 21.5. The molecule has 3 aromatic carbocycles. The molecule has 4 nitrogen and oxygen atoms in total. The van der Waals surface area contributed by atoms with Crippen LogP contribution in [0.15, 0.2) is 78.9 Å². The molecule has 8 heteroatoms. The number of ether oxygens (including phenoxy) is 1. The van der Waals surface area contributed by atoms with Gasteiger partial charge >= 0.3 is 6.18 Å². The minimum atomic E-state index is -4.62. The second-order valence-electron chi connectivity index (χ2n) is 9.20. The first-order valence-electron chi connectivity index (χ1n) is 12.6. The molecule has 0 N–H and O–H groups in total. The highest BCUT2D eigenvalue weighted by Crippen LogP contribution is 2.36. The van der Waals surface area contributed by atoms with Crippen molar-refractivity contribution in [2.75, 3.05) is 7.11 Å². The quantitative estimate of drug-likeness (QED) is 0.188. The third-order valence-electron chi connectivity index (χ3n) is 6.35. The molecule has 38 heavy (non-hydrogen) atoms. The van der Waals surface area contributed by atoms with Gasteiger partial charge in [0.05, 0.1) is 12.8 Å². The van der Waals surface area contributed by atoms with E-state index in [2.05, 4.69) is 4.98 Å². The first-order chi connectivity index (χ1) is 18.3. The van der Waals surface area contributed by atoms with Crippen molar-refractivity contribution in [2.45, 2.75) is 52.1 Å². The van der Waals surface area contributed by atoms with Gasteiger partial charge in [-0.25, -0.2) is 9.37 Å². The summed E-state index contributed by atoms with van der Waals surface area (Å²) in [5.41, 5.74) is 1.43. The Kier molecular flexibility index (Phi) is 8.84. The van der Waals surface area contributed by atoms with Crippen LogP contribution in [0.4, 0.5) is 17.6 Å². The molecule has 0 aliphatic heterocycles. The Labute approximate surface area is 220 Å². The summed E-state index contributed by atoms with van der Waals surface area (Å²) in [7, 11) is 1.39. The van der Waals surface area contributed by atoms with Crippen molar-refractivity contribution in [3.8, 4) is 17.1 Å². The van der Waals surface area contributed by atoms with Crippen LogP contribution in [-0.4, -0.2) is 21.6 Å². The van der Waals surface area contributed by atoms with E-state index in [4.69, 9.17) is 4.74 Å². The van der Waals surface area contributed by atoms with Gasteiger partial charge in [-0.15, -0.1) is 0 Å². The van der Waals surface area contributed by atoms with E-state index in [1.54, 1.807) is 34.9 Å². The first-order valence-corrected chi connectivity index (χ1v) is 12.6. The highest BCUT2D eigenvalue weighted by Gasteiger charge is 2.39. The number of alkyl halides is 3. The maximum Gasteiger partial charge on any atom is 0.435 e. The predicted octanol–water partition coefficient (Wildman–Crippen LogP) is 7.72. The van der Waals surface area contributed by atoms with Crippen molar-refractivity contribution in [3.05, 3.63) is 107 Å². The molecule has 0 bridgehead atoms.